The van der Waals surface area contributed by atoms with E-state index in [-0.39, 0.29) is 18.5 Å². The van der Waals surface area contributed by atoms with E-state index in [4.69, 9.17) is 14.5 Å². The lowest BCUT2D eigenvalue weighted by Gasteiger charge is -2.09. The lowest BCUT2D eigenvalue weighted by atomic mass is 10.2. The van der Waals surface area contributed by atoms with Gasteiger partial charge in [-0.15, -0.1) is 0 Å². The van der Waals surface area contributed by atoms with Crippen LogP contribution < -0.4 is 14.8 Å². The first-order valence-corrected chi connectivity index (χ1v) is 10.4. The Morgan fingerprint density at radius 2 is 1.73 bits per heavy atom. The van der Waals surface area contributed by atoms with Crippen LogP contribution in [-0.2, 0) is 4.79 Å². The molecule has 0 saturated carbocycles. The first kappa shape index (κ1) is 18.4. The molecule has 2 heterocycles. The maximum atomic E-state index is 12.5. The summed E-state index contributed by atoms with van der Waals surface area (Å²) in [5.41, 5.74) is 2.46. The summed E-state index contributed by atoms with van der Waals surface area (Å²) in [6.07, 6.45) is 0. The lowest BCUT2D eigenvalue weighted by Crippen LogP contribution is -2.14. The smallest absolute Gasteiger partial charge is 0.234 e. The summed E-state index contributed by atoms with van der Waals surface area (Å²) < 4.78 is 10.7. The topological polar surface area (TPSA) is 73.3 Å². The Balaban J connectivity index is 1.36. The van der Waals surface area contributed by atoms with Crippen LogP contribution >= 0.6 is 11.8 Å². The predicted octanol–water partition coefficient (Wildman–Crippen LogP) is 4.76. The van der Waals surface area contributed by atoms with E-state index >= 15 is 0 Å². The maximum Gasteiger partial charge on any atom is 0.234 e. The molecule has 1 N–H and O–H groups in total. The van der Waals surface area contributed by atoms with Crippen molar-refractivity contribution in [3.05, 3.63) is 72.8 Å². The van der Waals surface area contributed by atoms with Crippen LogP contribution in [-0.4, -0.2) is 28.4 Å². The number of aromatic nitrogens is 2. The molecule has 0 fully saturated rings. The van der Waals surface area contributed by atoms with Gasteiger partial charge in [0.2, 0.25) is 12.7 Å². The SMILES string of the molecule is O=C(CSc1nc(-c2ccccc2)nc2ccccc12)Nc1ccc2c(c1)OCO2. The molecular formula is C23H17N3O3S. The number of para-hydroxylation sites is 1. The largest absolute Gasteiger partial charge is 0.454 e. The van der Waals surface area contributed by atoms with Crippen molar-refractivity contribution in [2.75, 3.05) is 17.9 Å². The molecule has 0 saturated heterocycles. The van der Waals surface area contributed by atoms with E-state index in [9.17, 15) is 4.79 Å². The van der Waals surface area contributed by atoms with Gasteiger partial charge in [0.1, 0.15) is 5.03 Å². The van der Waals surface area contributed by atoms with Crippen molar-refractivity contribution in [1.29, 1.82) is 0 Å². The number of benzene rings is 3. The molecule has 4 aromatic rings. The molecule has 0 spiro atoms. The third-order valence-electron chi connectivity index (χ3n) is 4.60. The second-order valence-corrected chi connectivity index (χ2v) is 7.60. The number of hydrogen-bond donors (Lipinski definition) is 1. The standard InChI is InChI=1S/C23H17N3O3S/c27-21(24-16-10-11-19-20(12-16)29-14-28-19)13-30-23-17-8-4-5-9-18(17)25-22(26-23)15-6-2-1-3-7-15/h1-12H,13-14H2,(H,24,27). The fourth-order valence-electron chi connectivity index (χ4n) is 3.18. The fraction of sp³-hybridized carbons (Fsp3) is 0.0870. The molecular weight excluding hydrogens is 398 g/mol. The van der Waals surface area contributed by atoms with Crippen LogP contribution in [0.25, 0.3) is 22.3 Å². The summed E-state index contributed by atoms with van der Waals surface area (Å²) in [5.74, 6) is 2.07. The molecule has 148 valence electrons. The number of ether oxygens (including phenoxy) is 2. The third-order valence-corrected chi connectivity index (χ3v) is 5.59. The molecule has 0 bridgehead atoms. The highest BCUT2D eigenvalue weighted by Crippen LogP contribution is 2.34. The lowest BCUT2D eigenvalue weighted by molar-refractivity contribution is -0.113. The minimum Gasteiger partial charge on any atom is -0.454 e. The normalized spacial score (nSPS) is 12.1. The Kier molecular flexibility index (Phi) is 4.94. The highest BCUT2D eigenvalue weighted by atomic mass is 32.2. The van der Waals surface area contributed by atoms with Crippen molar-refractivity contribution in [2.24, 2.45) is 0 Å². The van der Waals surface area contributed by atoms with Crippen molar-refractivity contribution in [2.45, 2.75) is 5.03 Å². The van der Waals surface area contributed by atoms with Gasteiger partial charge in [0.05, 0.1) is 11.3 Å². The highest BCUT2D eigenvalue weighted by molar-refractivity contribution is 8.00. The monoisotopic (exact) mass is 415 g/mol. The van der Waals surface area contributed by atoms with Gasteiger partial charge in [-0.2, -0.15) is 0 Å². The molecule has 1 aliphatic rings. The first-order valence-electron chi connectivity index (χ1n) is 9.41. The number of carbonyl (C=O) groups is 1. The molecule has 1 aliphatic heterocycles. The number of thioether (sulfide) groups is 1. The Hall–Kier alpha value is -3.58. The van der Waals surface area contributed by atoms with E-state index in [1.54, 1.807) is 18.2 Å². The van der Waals surface area contributed by atoms with Crippen LogP contribution in [0.3, 0.4) is 0 Å². The molecule has 0 radical (unpaired) electrons. The molecule has 6 nitrogen and oxygen atoms in total. The summed E-state index contributed by atoms with van der Waals surface area (Å²) in [6.45, 7) is 0.202. The maximum absolute atomic E-state index is 12.5. The summed E-state index contributed by atoms with van der Waals surface area (Å²) in [5, 5.41) is 4.60. The zero-order valence-electron chi connectivity index (χ0n) is 15.9. The van der Waals surface area contributed by atoms with E-state index in [1.165, 1.54) is 11.8 Å². The molecule has 7 heteroatoms. The number of nitrogens with zero attached hydrogens (tertiary/aromatic N) is 2. The van der Waals surface area contributed by atoms with Gasteiger partial charge in [-0.25, -0.2) is 9.97 Å². The van der Waals surface area contributed by atoms with E-state index in [0.717, 1.165) is 21.5 Å². The van der Waals surface area contributed by atoms with Crippen LogP contribution in [0.5, 0.6) is 11.5 Å². The average molecular weight is 415 g/mol. The molecule has 5 rings (SSSR count). The van der Waals surface area contributed by atoms with Gasteiger partial charge in [0.25, 0.3) is 0 Å². The Morgan fingerprint density at radius 1 is 0.933 bits per heavy atom. The van der Waals surface area contributed by atoms with Gasteiger partial charge in [0, 0.05) is 22.7 Å². The summed E-state index contributed by atoms with van der Waals surface area (Å²) in [4.78, 5) is 21.9. The van der Waals surface area contributed by atoms with Crippen molar-refractivity contribution < 1.29 is 14.3 Å². The molecule has 0 atom stereocenters. The van der Waals surface area contributed by atoms with Gasteiger partial charge in [-0.1, -0.05) is 60.3 Å². The summed E-state index contributed by atoms with van der Waals surface area (Å²) in [7, 11) is 0. The van der Waals surface area contributed by atoms with Crippen molar-refractivity contribution in [3.63, 3.8) is 0 Å². The number of anilines is 1. The average Bonchev–Trinajstić information content (AvgIpc) is 3.26. The third kappa shape index (κ3) is 3.79. The fourth-order valence-corrected chi connectivity index (χ4v) is 4.00. The van der Waals surface area contributed by atoms with Gasteiger partial charge < -0.3 is 14.8 Å². The molecule has 0 aliphatic carbocycles. The van der Waals surface area contributed by atoms with Crippen LogP contribution in [0.15, 0.2) is 77.8 Å². The quantitative estimate of drug-likeness (QED) is 0.374. The zero-order valence-corrected chi connectivity index (χ0v) is 16.7. The molecule has 0 unspecified atom stereocenters. The Bertz CT molecular complexity index is 1230. The van der Waals surface area contributed by atoms with Crippen LogP contribution in [0.2, 0.25) is 0 Å². The number of fused-ring (bicyclic) bond motifs is 2. The summed E-state index contributed by atoms with van der Waals surface area (Å²) >= 11 is 1.39. The predicted molar refractivity (Wildman–Crippen MR) is 117 cm³/mol. The summed E-state index contributed by atoms with van der Waals surface area (Å²) in [6, 6.07) is 23.0. The molecule has 1 aromatic heterocycles. The van der Waals surface area contributed by atoms with E-state index in [1.807, 2.05) is 54.6 Å². The molecule has 3 aromatic carbocycles. The van der Waals surface area contributed by atoms with E-state index < -0.39 is 0 Å². The van der Waals surface area contributed by atoms with Crippen molar-refractivity contribution >= 4 is 34.3 Å². The van der Waals surface area contributed by atoms with Gasteiger partial charge in [0.15, 0.2) is 17.3 Å². The molecule has 1 amide bonds. The van der Waals surface area contributed by atoms with Gasteiger partial charge in [-0.05, 0) is 18.2 Å². The van der Waals surface area contributed by atoms with Crippen molar-refractivity contribution in [3.8, 4) is 22.9 Å². The minimum absolute atomic E-state index is 0.122. The number of amides is 1. The highest BCUT2D eigenvalue weighted by Gasteiger charge is 2.15. The first-order chi connectivity index (χ1) is 14.8. The number of carbonyl (C=O) groups excluding carboxylic acids is 1. The number of rotatable bonds is 5. The van der Waals surface area contributed by atoms with Gasteiger partial charge in [-0.3, -0.25) is 4.79 Å². The van der Waals surface area contributed by atoms with Gasteiger partial charge >= 0.3 is 0 Å². The second-order valence-electron chi connectivity index (χ2n) is 6.64. The molecule has 30 heavy (non-hydrogen) atoms. The van der Waals surface area contributed by atoms with Crippen LogP contribution in [0, 0.1) is 0 Å². The van der Waals surface area contributed by atoms with E-state index in [0.29, 0.717) is 23.0 Å². The van der Waals surface area contributed by atoms with E-state index in [2.05, 4.69) is 10.3 Å². The van der Waals surface area contributed by atoms with Crippen molar-refractivity contribution in [1.82, 2.24) is 9.97 Å². The Morgan fingerprint density at radius 3 is 2.63 bits per heavy atom. The Labute approximate surface area is 177 Å². The zero-order chi connectivity index (χ0) is 20.3. The minimum atomic E-state index is -0.122. The van der Waals surface area contributed by atoms with Crippen LogP contribution in [0.4, 0.5) is 5.69 Å². The van der Waals surface area contributed by atoms with Crippen LogP contribution in [0.1, 0.15) is 0 Å². The second kappa shape index (κ2) is 8.04. The number of hydrogen-bond acceptors (Lipinski definition) is 6. The number of nitrogens with one attached hydrogen (secondary N) is 1.